The molecule has 1 atom stereocenters. The van der Waals surface area contributed by atoms with E-state index in [1.165, 1.54) is 0 Å². The second kappa shape index (κ2) is 6.96. The summed E-state index contributed by atoms with van der Waals surface area (Å²) in [6.07, 6.45) is 2.92. The van der Waals surface area contributed by atoms with E-state index in [0.29, 0.717) is 18.6 Å². The van der Waals surface area contributed by atoms with Crippen molar-refractivity contribution in [1.29, 1.82) is 0 Å². The lowest BCUT2D eigenvalue weighted by Crippen LogP contribution is -2.31. The van der Waals surface area contributed by atoms with Crippen molar-refractivity contribution >= 4 is 17.5 Å². The number of ether oxygens (including phenoxy) is 1. The largest absolute Gasteiger partial charge is 0.484 e. The molecule has 7 nitrogen and oxygen atoms in total. The molecule has 0 saturated heterocycles. The number of nitrogens with one attached hydrogen (secondary N) is 2. The molecule has 2 heterocycles. The van der Waals surface area contributed by atoms with Gasteiger partial charge in [0.05, 0.1) is 12.2 Å². The molecule has 0 aliphatic carbocycles. The predicted molar refractivity (Wildman–Crippen MR) is 93.4 cm³/mol. The molecular weight excluding hydrogens is 320 g/mol. The van der Waals surface area contributed by atoms with Crippen molar-refractivity contribution in [3.05, 3.63) is 41.2 Å². The van der Waals surface area contributed by atoms with Crippen molar-refractivity contribution in [2.75, 3.05) is 11.9 Å². The minimum Gasteiger partial charge on any atom is -0.484 e. The SMILES string of the molecule is Cc1c(C(C)NC(=O)COc2ccc3c(c2)CCC(=O)N3)cnn1C. The van der Waals surface area contributed by atoms with Gasteiger partial charge >= 0.3 is 0 Å². The van der Waals surface area contributed by atoms with E-state index in [1.54, 1.807) is 23.0 Å². The quantitative estimate of drug-likeness (QED) is 0.869. The molecule has 0 fully saturated rings. The van der Waals surface area contributed by atoms with E-state index in [-0.39, 0.29) is 24.5 Å². The first-order chi connectivity index (χ1) is 11.9. The number of hydrogen-bond acceptors (Lipinski definition) is 4. The topological polar surface area (TPSA) is 85.2 Å². The Bertz CT molecular complexity index is 813. The predicted octanol–water partition coefficient (Wildman–Crippen LogP) is 1.87. The molecule has 2 N–H and O–H groups in total. The highest BCUT2D eigenvalue weighted by Crippen LogP contribution is 2.26. The molecule has 7 heteroatoms. The Balaban J connectivity index is 1.55. The molecule has 2 amide bonds. The average Bonchev–Trinajstić information content (AvgIpc) is 2.92. The van der Waals surface area contributed by atoms with Crippen molar-refractivity contribution in [3.63, 3.8) is 0 Å². The maximum absolute atomic E-state index is 12.1. The van der Waals surface area contributed by atoms with Gasteiger partial charge < -0.3 is 15.4 Å². The normalized spacial score (nSPS) is 14.4. The fourth-order valence-electron chi connectivity index (χ4n) is 2.90. The average molecular weight is 342 g/mol. The van der Waals surface area contributed by atoms with Gasteiger partial charge in [-0.25, -0.2) is 0 Å². The van der Waals surface area contributed by atoms with Crippen LogP contribution >= 0.6 is 0 Å². The zero-order valence-electron chi connectivity index (χ0n) is 14.6. The van der Waals surface area contributed by atoms with Crippen LogP contribution in [-0.2, 0) is 23.1 Å². The van der Waals surface area contributed by atoms with Gasteiger partial charge in [-0.05, 0) is 44.0 Å². The number of hydrogen-bond donors (Lipinski definition) is 2. The van der Waals surface area contributed by atoms with Crippen LogP contribution in [0.3, 0.4) is 0 Å². The van der Waals surface area contributed by atoms with E-state index in [1.807, 2.05) is 27.0 Å². The number of aryl methyl sites for hydroxylation is 2. The van der Waals surface area contributed by atoms with Crippen molar-refractivity contribution in [3.8, 4) is 5.75 Å². The molecule has 1 aromatic carbocycles. The van der Waals surface area contributed by atoms with Gasteiger partial charge in [0.1, 0.15) is 5.75 Å². The number of aromatic nitrogens is 2. The summed E-state index contributed by atoms with van der Waals surface area (Å²) in [4.78, 5) is 23.5. The molecule has 1 aliphatic rings. The highest BCUT2D eigenvalue weighted by Gasteiger charge is 2.17. The molecule has 1 aromatic heterocycles. The third-order valence-corrected chi connectivity index (χ3v) is 4.46. The fraction of sp³-hybridized carbons (Fsp3) is 0.389. The molecule has 3 rings (SSSR count). The lowest BCUT2D eigenvalue weighted by molar-refractivity contribution is -0.123. The van der Waals surface area contributed by atoms with E-state index in [2.05, 4.69) is 15.7 Å². The Morgan fingerprint density at radius 3 is 2.96 bits per heavy atom. The van der Waals surface area contributed by atoms with Crippen LogP contribution in [0.1, 0.15) is 36.2 Å². The zero-order chi connectivity index (χ0) is 18.0. The van der Waals surface area contributed by atoms with E-state index in [4.69, 9.17) is 4.74 Å². The zero-order valence-corrected chi connectivity index (χ0v) is 14.6. The molecule has 2 aromatic rings. The Hall–Kier alpha value is -2.83. The standard InChI is InChI=1S/C18H22N4O3/c1-11(15-9-19-22(3)12(15)2)20-18(24)10-25-14-5-6-16-13(8-14)4-7-17(23)21-16/h5-6,8-9,11H,4,7,10H2,1-3H3,(H,20,24)(H,21,23). The number of carbonyl (C=O) groups is 2. The van der Waals surface area contributed by atoms with Crippen LogP contribution in [0.5, 0.6) is 5.75 Å². The molecule has 0 saturated carbocycles. The minimum atomic E-state index is -0.193. The van der Waals surface area contributed by atoms with Crippen molar-refractivity contribution < 1.29 is 14.3 Å². The summed E-state index contributed by atoms with van der Waals surface area (Å²) in [6.45, 7) is 3.83. The van der Waals surface area contributed by atoms with Crippen LogP contribution in [-0.4, -0.2) is 28.2 Å². The molecule has 132 valence electrons. The highest BCUT2D eigenvalue weighted by atomic mass is 16.5. The number of nitrogens with zero attached hydrogens (tertiary/aromatic N) is 2. The summed E-state index contributed by atoms with van der Waals surface area (Å²) in [5.41, 5.74) is 3.84. The maximum atomic E-state index is 12.1. The van der Waals surface area contributed by atoms with Gasteiger partial charge in [-0.1, -0.05) is 0 Å². The first-order valence-corrected chi connectivity index (χ1v) is 8.27. The van der Waals surface area contributed by atoms with E-state index < -0.39 is 0 Å². The first-order valence-electron chi connectivity index (χ1n) is 8.27. The number of fused-ring (bicyclic) bond motifs is 1. The van der Waals surface area contributed by atoms with Crippen molar-refractivity contribution in [1.82, 2.24) is 15.1 Å². The van der Waals surface area contributed by atoms with Crippen LogP contribution in [0.25, 0.3) is 0 Å². The summed E-state index contributed by atoms with van der Waals surface area (Å²) >= 11 is 0. The van der Waals surface area contributed by atoms with Crippen LogP contribution in [0, 0.1) is 6.92 Å². The van der Waals surface area contributed by atoms with Crippen LogP contribution < -0.4 is 15.4 Å². The molecule has 0 bridgehead atoms. The van der Waals surface area contributed by atoms with Gasteiger partial charge in [0.15, 0.2) is 6.61 Å². The van der Waals surface area contributed by atoms with Gasteiger partial charge in [-0.2, -0.15) is 5.10 Å². The first kappa shape index (κ1) is 17.0. The Kier molecular flexibility index (Phi) is 4.74. The molecule has 25 heavy (non-hydrogen) atoms. The van der Waals surface area contributed by atoms with E-state index in [0.717, 1.165) is 22.5 Å². The summed E-state index contributed by atoms with van der Waals surface area (Å²) in [6, 6.07) is 5.30. The van der Waals surface area contributed by atoms with Gasteiger partial charge in [0, 0.05) is 30.4 Å². The second-order valence-electron chi connectivity index (χ2n) is 6.25. The van der Waals surface area contributed by atoms with Crippen LogP contribution in [0.2, 0.25) is 0 Å². The van der Waals surface area contributed by atoms with Gasteiger partial charge in [0.25, 0.3) is 5.91 Å². The van der Waals surface area contributed by atoms with Crippen LogP contribution in [0.4, 0.5) is 5.69 Å². The lowest BCUT2D eigenvalue weighted by atomic mass is 10.0. The van der Waals surface area contributed by atoms with Crippen molar-refractivity contribution in [2.24, 2.45) is 7.05 Å². The molecule has 0 spiro atoms. The number of carbonyl (C=O) groups excluding carboxylic acids is 2. The fourth-order valence-corrected chi connectivity index (χ4v) is 2.90. The van der Waals surface area contributed by atoms with Gasteiger partial charge in [-0.3, -0.25) is 14.3 Å². The minimum absolute atomic E-state index is 0.0280. The Morgan fingerprint density at radius 1 is 1.44 bits per heavy atom. The highest BCUT2D eigenvalue weighted by molar-refractivity contribution is 5.94. The molecular formula is C18H22N4O3. The monoisotopic (exact) mass is 342 g/mol. The van der Waals surface area contributed by atoms with Crippen molar-refractivity contribution in [2.45, 2.75) is 32.7 Å². The molecule has 0 radical (unpaired) electrons. The summed E-state index contributed by atoms with van der Waals surface area (Å²) < 4.78 is 7.37. The van der Waals surface area contributed by atoms with Gasteiger partial charge in [0.2, 0.25) is 5.91 Å². The molecule has 1 aliphatic heterocycles. The Morgan fingerprint density at radius 2 is 2.24 bits per heavy atom. The summed E-state index contributed by atoms with van der Waals surface area (Å²) in [5.74, 6) is 0.456. The molecule has 1 unspecified atom stereocenters. The van der Waals surface area contributed by atoms with Crippen LogP contribution in [0.15, 0.2) is 24.4 Å². The van der Waals surface area contributed by atoms with E-state index in [9.17, 15) is 9.59 Å². The van der Waals surface area contributed by atoms with E-state index >= 15 is 0 Å². The number of benzene rings is 1. The third-order valence-electron chi connectivity index (χ3n) is 4.46. The lowest BCUT2D eigenvalue weighted by Gasteiger charge is -2.18. The van der Waals surface area contributed by atoms with Gasteiger partial charge in [-0.15, -0.1) is 0 Å². The maximum Gasteiger partial charge on any atom is 0.258 e. The smallest absolute Gasteiger partial charge is 0.258 e. The summed E-state index contributed by atoms with van der Waals surface area (Å²) in [5, 5.41) is 9.92. The number of rotatable bonds is 5. The third kappa shape index (κ3) is 3.81. The summed E-state index contributed by atoms with van der Waals surface area (Å²) in [7, 11) is 1.87. The number of amides is 2. The number of anilines is 1. The Labute approximate surface area is 146 Å². The second-order valence-corrected chi connectivity index (χ2v) is 6.25.